The van der Waals surface area contributed by atoms with Gasteiger partial charge in [-0.1, -0.05) is 28.1 Å². The van der Waals surface area contributed by atoms with Crippen LogP contribution in [0.5, 0.6) is 11.5 Å². The van der Waals surface area contributed by atoms with E-state index in [1.165, 1.54) is 0 Å². The number of methoxy groups -OCH3 is 2. The molecule has 0 radical (unpaired) electrons. The van der Waals surface area contributed by atoms with Gasteiger partial charge in [0, 0.05) is 16.1 Å². The molecule has 19 heavy (non-hydrogen) atoms. The Hall–Kier alpha value is -1.52. The lowest BCUT2D eigenvalue weighted by Crippen LogP contribution is -2.02. The Labute approximate surface area is 120 Å². The number of hydrogen-bond donors (Lipinski definition) is 1. The van der Waals surface area contributed by atoms with Crippen LogP contribution in [-0.4, -0.2) is 19.3 Å². The standard InChI is InChI=1S/C15H15BrO3/c1-18-12-7-8-13(14(9-12)19-2)15(17)10-3-5-11(16)6-4-10/h3-9,15,17H,1-2H3. The average Bonchev–Trinajstić information content (AvgIpc) is 2.46. The largest absolute Gasteiger partial charge is 0.497 e. The van der Waals surface area contributed by atoms with E-state index in [4.69, 9.17) is 9.47 Å². The van der Waals surface area contributed by atoms with Gasteiger partial charge in [0.1, 0.15) is 17.6 Å². The zero-order chi connectivity index (χ0) is 13.8. The predicted molar refractivity (Wildman–Crippen MR) is 77.7 cm³/mol. The van der Waals surface area contributed by atoms with Crippen molar-refractivity contribution in [3.63, 3.8) is 0 Å². The molecule has 4 heteroatoms. The Kier molecular flexibility index (Phi) is 4.45. The van der Waals surface area contributed by atoms with E-state index >= 15 is 0 Å². The van der Waals surface area contributed by atoms with E-state index in [0.717, 1.165) is 10.0 Å². The smallest absolute Gasteiger partial charge is 0.128 e. The number of aliphatic hydroxyl groups is 1. The maximum atomic E-state index is 10.4. The average molecular weight is 323 g/mol. The van der Waals surface area contributed by atoms with Crippen LogP contribution in [0.4, 0.5) is 0 Å². The lowest BCUT2D eigenvalue weighted by molar-refractivity contribution is 0.214. The van der Waals surface area contributed by atoms with Crippen molar-refractivity contribution >= 4 is 15.9 Å². The molecule has 0 aromatic heterocycles. The highest BCUT2D eigenvalue weighted by Crippen LogP contribution is 2.33. The molecule has 0 bridgehead atoms. The van der Waals surface area contributed by atoms with Crippen LogP contribution >= 0.6 is 15.9 Å². The zero-order valence-corrected chi connectivity index (χ0v) is 12.3. The predicted octanol–water partition coefficient (Wildman–Crippen LogP) is 3.55. The molecule has 1 atom stereocenters. The molecule has 1 unspecified atom stereocenters. The van der Waals surface area contributed by atoms with Crippen molar-refractivity contribution in [1.82, 2.24) is 0 Å². The van der Waals surface area contributed by atoms with Crippen LogP contribution < -0.4 is 9.47 Å². The van der Waals surface area contributed by atoms with E-state index in [0.29, 0.717) is 17.1 Å². The van der Waals surface area contributed by atoms with E-state index in [2.05, 4.69) is 15.9 Å². The van der Waals surface area contributed by atoms with Crippen LogP contribution in [0.2, 0.25) is 0 Å². The van der Waals surface area contributed by atoms with Crippen molar-refractivity contribution in [2.75, 3.05) is 14.2 Å². The number of benzene rings is 2. The second-order valence-electron chi connectivity index (χ2n) is 4.06. The Morgan fingerprint density at radius 3 is 2.26 bits per heavy atom. The van der Waals surface area contributed by atoms with Crippen molar-refractivity contribution in [3.05, 3.63) is 58.1 Å². The fourth-order valence-corrected chi connectivity index (χ4v) is 2.13. The summed E-state index contributed by atoms with van der Waals surface area (Å²) in [5.74, 6) is 1.30. The van der Waals surface area contributed by atoms with Crippen LogP contribution in [0.3, 0.4) is 0 Å². The van der Waals surface area contributed by atoms with Gasteiger partial charge < -0.3 is 14.6 Å². The minimum Gasteiger partial charge on any atom is -0.497 e. The summed E-state index contributed by atoms with van der Waals surface area (Å²) < 4.78 is 11.4. The first-order chi connectivity index (χ1) is 9.15. The fourth-order valence-electron chi connectivity index (χ4n) is 1.87. The minimum atomic E-state index is -0.728. The Bertz CT molecular complexity index is 552. The summed E-state index contributed by atoms with van der Waals surface area (Å²) in [4.78, 5) is 0. The van der Waals surface area contributed by atoms with Crippen LogP contribution in [-0.2, 0) is 0 Å². The van der Waals surface area contributed by atoms with Crippen molar-refractivity contribution in [2.24, 2.45) is 0 Å². The van der Waals surface area contributed by atoms with Crippen LogP contribution in [0.1, 0.15) is 17.2 Å². The Morgan fingerprint density at radius 2 is 1.68 bits per heavy atom. The number of ether oxygens (including phenoxy) is 2. The minimum absolute atomic E-state index is 0.606. The SMILES string of the molecule is COc1ccc(C(O)c2ccc(Br)cc2)c(OC)c1. The first-order valence-electron chi connectivity index (χ1n) is 5.81. The van der Waals surface area contributed by atoms with Crippen LogP contribution in [0, 0.1) is 0 Å². The number of hydrogen-bond acceptors (Lipinski definition) is 3. The second-order valence-corrected chi connectivity index (χ2v) is 4.98. The van der Waals surface area contributed by atoms with Crippen molar-refractivity contribution in [2.45, 2.75) is 6.10 Å². The highest BCUT2D eigenvalue weighted by atomic mass is 79.9. The molecule has 0 aliphatic rings. The number of halogens is 1. The van der Waals surface area contributed by atoms with Gasteiger partial charge in [-0.05, 0) is 29.8 Å². The molecule has 2 rings (SSSR count). The molecule has 0 aliphatic carbocycles. The van der Waals surface area contributed by atoms with E-state index in [9.17, 15) is 5.11 Å². The molecule has 0 amide bonds. The first-order valence-corrected chi connectivity index (χ1v) is 6.60. The summed E-state index contributed by atoms with van der Waals surface area (Å²) in [6, 6.07) is 12.9. The molecule has 0 fully saturated rings. The summed E-state index contributed by atoms with van der Waals surface area (Å²) >= 11 is 3.37. The normalized spacial score (nSPS) is 12.0. The van der Waals surface area contributed by atoms with Crippen LogP contribution in [0.25, 0.3) is 0 Å². The second kappa shape index (κ2) is 6.08. The van der Waals surface area contributed by atoms with Crippen molar-refractivity contribution < 1.29 is 14.6 Å². The van der Waals surface area contributed by atoms with E-state index in [-0.39, 0.29) is 0 Å². The zero-order valence-electron chi connectivity index (χ0n) is 10.8. The van der Waals surface area contributed by atoms with E-state index < -0.39 is 6.10 Å². The fraction of sp³-hybridized carbons (Fsp3) is 0.200. The number of rotatable bonds is 4. The van der Waals surface area contributed by atoms with E-state index in [1.807, 2.05) is 30.3 Å². The summed E-state index contributed by atoms with van der Waals surface area (Å²) in [7, 11) is 3.17. The van der Waals surface area contributed by atoms with Crippen LogP contribution in [0.15, 0.2) is 46.9 Å². The van der Waals surface area contributed by atoms with Gasteiger partial charge in [0.25, 0.3) is 0 Å². The van der Waals surface area contributed by atoms with Gasteiger partial charge in [-0.15, -0.1) is 0 Å². The molecule has 0 saturated heterocycles. The quantitative estimate of drug-likeness (QED) is 0.935. The highest BCUT2D eigenvalue weighted by molar-refractivity contribution is 9.10. The summed E-state index contributed by atoms with van der Waals surface area (Å²) in [5, 5.41) is 10.4. The molecule has 0 heterocycles. The van der Waals surface area contributed by atoms with Gasteiger partial charge in [-0.25, -0.2) is 0 Å². The van der Waals surface area contributed by atoms with Gasteiger partial charge in [-0.2, -0.15) is 0 Å². The monoisotopic (exact) mass is 322 g/mol. The molecular weight excluding hydrogens is 308 g/mol. The molecule has 3 nitrogen and oxygen atoms in total. The molecule has 2 aromatic carbocycles. The lowest BCUT2D eigenvalue weighted by Gasteiger charge is -2.16. The third-order valence-electron chi connectivity index (χ3n) is 2.92. The molecule has 2 aromatic rings. The van der Waals surface area contributed by atoms with Gasteiger partial charge in [0.2, 0.25) is 0 Å². The third-order valence-corrected chi connectivity index (χ3v) is 3.45. The Balaban J connectivity index is 2.37. The Morgan fingerprint density at radius 1 is 1.00 bits per heavy atom. The molecular formula is C15H15BrO3. The van der Waals surface area contributed by atoms with E-state index in [1.54, 1.807) is 26.4 Å². The lowest BCUT2D eigenvalue weighted by atomic mass is 10.0. The first kappa shape index (κ1) is 13.9. The maximum Gasteiger partial charge on any atom is 0.128 e. The molecule has 1 N–H and O–H groups in total. The topological polar surface area (TPSA) is 38.7 Å². The van der Waals surface area contributed by atoms with Crippen molar-refractivity contribution in [3.8, 4) is 11.5 Å². The van der Waals surface area contributed by atoms with Crippen molar-refractivity contribution in [1.29, 1.82) is 0 Å². The van der Waals surface area contributed by atoms with Gasteiger partial charge in [0.15, 0.2) is 0 Å². The molecule has 0 aliphatic heterocycles. The number of aliphatic hydroxyl groups excluding tert-OH is 1. The molecule has 0 spiro atoms. The molecule has 0 saturated carbocycles. The summed E-state index contributed by atoms with van der Waals surface area (Å²) in [6.45, 7) is 0. The highest BCUT2D eigenvalue weighted by Gasteiger charge is 2.16. The molecule has 100 valence electrons. The third kappa shape index (κ3) is 3.08. The van der Waals surface area contributed by atoms with Gasteiger partial charge in [-0.3, -0.25) is 0 Å². The van der Waals surface area contributed by atoms with Gasteiger partial charge >= 0.3 is 0 Å². The van der Waals surface area contributed by atoms with Gasteiger partial charge in [0.05, 0.1) is 14.2 Å². The summed E-state index contributed by atoms with van der Waals surface area (Å²) in [6.07, 6.45) is -0.728. The maximum absolute atomic E-state index is 10.4. The summed E-state index contributed by atoms with van der Waals surface area (Å²) in [5.41, 5.74) is 1.53.